The molecule has 0 amide bonds. The largest absolute Gasteiger partial charge is 0.508 e. The average molecular weight is 431 g/mol. The van der Waals surface area contributed by atoms with Crippen LogP contribution in [0.3, 0.4) is 0 Å². The number of nitrogens with zero attached hydrogens (tertiary/aromatic N) is 1. The second-order valence-corrected chi connectivity index (χ2v) is 12.2. The lowest BCUT2D eigenvalue weighted by molar-refractivity contribution is 0.385. The molecule has 0 saturated carbocycles. The Labute approximate surface area is 163 Å². The van der Waals surface area contributed by atoms with Gasteiger partial charge in [-0.3, -0.25) is 0 Å². The number of hydrogen-bond acceptors (Lipinski definition) is 7. The van der Waals surface area contributed by atoms with Gasteiger partial charge in [0, 0.05) is 12.1 Å². The Bertz CT molecular complexity index is 1070. The first-order valence-corrected chi connectivity index (χ1v) is 12.3. The van der Waals surface area contributed by atoms with Gasteiger partial charge in [-0.15, -0.1) is 11.3 Å². The molecule has 3 rings (SSSR count). The van der Waals surface area contributed by atoms with Crippen molar-refractivity contribution in [2.75, 3.05) is 19.8 Å². The van der Waals surface area contributed by atoms with Crippen LogP contribution in [-0.4, -0.2) is 46.7 Å². The SMILES string of the molecule is CN(C)Cc1cc(CC2Cc3cc(S(N)(=O)=O)sc3S(=O)(=O)C2)ccc1O. The molecular formula is C17H22N2O5S3. The molecule has 1 aromatic heterocycles. The Kier molecular flexibility index (Phi) is 5.39. The number of rotatable bonds is 5. The maximum atomic E-state index is 12.6. The normalized spacial score (nSPS) is 19.2. The number of hydrogen-bond donors (Lipinski definition) is 2. The Balaban J connectivity index is 1.87. The number of phenols is 1. The lowest BCUT2D eigenvalue weighted by Crippen LogP contribution is -2.25. The first-order valence-electron chi connectivity index (χ1n) is 8.29. The quantitative estimate of drug-likeness (QED) is 0.739. The summed E-state index contributed by atoms with van der Waals surface area (Å²) in [5, 5.41) is 15.1. The molecule has 0 saturated heterocycles. The zero-order valence-corrected chi connectivity index (χ0v) is 17.5. The fourth-order valence-electron chi connectivity index (χ4n) is 3.39. The van der Waals surface area contributed by atoms with Gasteiger partial charge in [-0.05, 0) is 56.1 Å². The number of sulfone groups is 1. The van der Waals surface area contributed by atoms with Crippen LogP contribution in [0.25, 0.3) is 0 Å². The molecule has 0 bridgehead atoms. The summed E-state index contributed by atoms with van der Waals surface area (Å²) in [4.78, 5) is 1.94. The van der Waals surface area contributed by atoms with E-state index in [0.29, 0.717) is 24.9 Å². The van der Waals surface area contributed by atoms with Crippen molar-refractivity contribution in [3.8, 4) is 5.75 Å². The summed E-state index contributed by atoms with van der Waals surface area (Å²) in [6.45, 7) is 0.578. The van der Waals surface area contributed by atoms with Gasteiger partial charge in [-0.1, -0.05) is 12.1 Å². The molecule has 1 atom stereocenters. The highest BCUT2D eigenvalue weighted by Gasteiger charge is 2.34. The van der Waals surface area contributed by atoms with Gasteiger partial charge in [0.15, 0.2) is 9.84 Å². The molecule has 0 fully saturated rings. The van der Waals surface area contributed by atoms with Crippen molar-refractivity contribution in [1.82, 2.24) is 4.90 Å². The highest BCUT2D eigenvalue weighted by molar-refractivity contribution is 7.95. The van der Waals surface area contributed by atoms with Crippen LogP contribution in [0.4, 0.5) is 0 Å². The van der Waals surface area contributed by atoms with Gasteiger partial charge in [0.1, 0.15) is 14.2 Å². The van der Waals surface area contributed by atoms with Gasteiger partial charge < -0.3 is 10.0 Å². The van der Waals surface area contributed by atoms with Crippen LogP contribution in [0.15, 0.2) is 32.7 Å². The van der Waals surface area contributed by atoms with Gasteiger partial charge in [-0.2, -0.15) is 0 Å². The summed E-state index contributed by atoms with van der Waals surface area (Å²) < 4.78 is 48.3. The highest BCUT2D eigenvalue weighted by atomic mass is 32.3. The summed E-state index contributed by atoms with van der Waals surface area (Å²) in [5.41, 5.74) is 2.24. The lowest BCUT2D eigenvalue weighted by atomic mass is 9.94. The molecule has 7 nitrogen and oxygen atoms in total. The smallest absolute Gasteiger partial charge is 0.247 e. The lowest BCUT2D eigenvalue weighted by Gasteiger charge is -2.22. The third-order valence-corrected chi connectivity index (χ3v) is 9.57. The Hall–Kier alpha value is -1.46. The minimum atomic E-state index is -3.92. The third-order valence-electron chi connectivity index (χ3n) is 4.43. The van der Waals surface area contributed by atoms with E-state index in [9.17, 15) is 21.9 Å². The maximum absolute atomic E-state index is 12.6. The van der Waals surface area contributed by atoms with Gasteiger partial charge in [0.25, 0.3) is 0 Å². The first-order chi connectivity index (χ1) is 12.5. The van der Waals surface area contributed by atoms with E-state index in [1.54, 1.807) is 12.1 Å². The molecule has 10 heteroatoms. The van der Waals surface area contributed by atoms with Crippen LogP contribution in [0.5, 0.6) is 5.75 Å². The van der Waals surface area contributed by atoms with Gasteiger partial charge in [-0.25, -0.2) is 22.0 Å². The number of benzene rings is 1. The molecule has 1 aromatic carbocycles. The molecule has 1 aliphatic rings. The average Bonchev–Trinajstić information content (AvgIpc) is 2.95. The van der Waals surface area contributed by atoms with E-state index in [-0.39, 0.29) is 25.8 Å². The predicted molar refractivity (Wildman–Crippen MR) is 104 cm³/mol. The number of fused-ring (bicyclic) bond motifs is 1. The second kappa shape index (κ2) is 7.17. The third kappa shape index (κ3) is 4.52. The highest BCUT2D eigenvalue weighted by Crippen LogP contribution is 2.37. The van der Waals surface area contributed by atoms with Crippen LogP contribution in [0.2, 0.25) is 0 Å². The summed E-state index contributed by atoms with van der Waals surface area (Å²) in [6.07, 6.45) is 1.00. The summed E-state index contributed by atoms with van der Waals surface area (Å²) in [6, 6.07) is 6.69. The topological polar surface area (TPSA) is 118 Å². The van der Waals surface area contributed by atoms with Gasteiger partial charge in [0.05, 0.1) is 5.75 Å². The standard InChI is InChI=1S/C17H22N2O5S3/c1-19(2)9-14-6-11(3-4-15(14)20)5-12-7-13-8-16(27(18,23)24)25-17(13)26(21,22)10-12/h3-4,6,8,12,20H,5,7,9-10H2,1-2H3,(H2,18,23,24). The number of primary sulfonamides is 1. The van der Waals surface area contributed by atoms with Crippen molar-refractivity contribution >= 4 is 31.2 Å². The Morgan fingerprint density at radius 3 is 2.63 bits per heavy atom. The predicted octanol–water partition coefficient (Wildman–Crippen LogP) is 1.35. The van der Waals surface area contributed by atoms with Crippen molar-refractivity contribution in [2.24, 2.45) is 11.1 Å². The number of nitrogens with two attached hydrogens (primary N) is 1. The van der Waals surface area contributed by atoms with Crippen LogP contribution in [0, 0.1) is 5.92 Å². The molecular weight excluding hydrogens is 408 g/mol. The fraction of sp³-hybridized carbons (Fsp3) is 0.412. The molecule has 148 valence electrons. The summed E-state index contributed by atoms with van der Waals surface area (Å²) in [5.74, 6) is 0.0119. The minimum Gasteiger partial charge on any atom is -0.508 e. The van der Waals surface area contributed by atoms with E-state index in [1.165, 1.54) is 6.07 Å². The van der Waals surface area contributed by atoms with Crippen molar-refractivity contribution in [2.45, 2.75) is 27.8 Å². The van der Waals surface area contributed by atoms with Crippen LogP contribution >= 0.6 is 11.3 Å². The summed E-state index contributed by atoms with van der Waals surface area (Å²) >= 11 is 0.729. The number of thiophene rings is 1. The molecule has 1 unspecified atom stereocenters. The van der Waals surface area contributed by atoms with E-state index in [4.69, 9.17) is 5.14 Å². The Morgan fingerprint density at radius 1 is 1.30 bits per heavy atom. The zero-order chi connectivity index (χ0) is 20.0. The molecule has 1 aliphatic heterocycles. The second-order valence-electron chi connectivity index (χ2n) is 7.18. The monoisotopic (exact) mass is 430 g/mol. The van der Waals surface area contributed by atoms with Crippen molar-refractivity contribution in [3.05, 3.63) is 41.0 Å². The molecule has 2 heterocycles. The number of phenolic OH excluding ortho intramolecular Hbond substituents is 1. The zero-order valence-electron chi connectivity index (χ0n) is 15.0. The maximum Gasteiger partial charge on any atom is 0.247 e. The molecule has 2 aromatic rings. The number of aromatic hydroxyl groups is 1. The van der Waals surface area contributed by atoms with E-state index < -0.39 is 19.9 Å². The van der Waals surface area contributed by atoms with Crippen molar-refractivity contribution in [1.29, 1.82) is 0 Å². The van der Waals surface area contributed by atoms with E-state index in [2.05, 4.69) is 0 Å². The van der Waals surface area contributed by atoms with Gasteiger partial charge in [0.2, 0.25) is 10.0 Å². The van der Waals surface area contributed by atoms with Crippen molar-refractivity contribution < 1.29 is 21.9 Å². The fourth-order valence-corrected chi connectivity index (χ4v) is 7.75. The van der Waals surface area contributed by atoms with Crippen LogP contribution in [0.1, 0.15) is 16.7 Å². The first kappa shape index (κ1) is 20.3. The molecule has 0 spiro atoms. The summed E-state index contributed by atoms with van der Waals surface area (Å²) in [7, 11) is -3.66. The van der Waals surface area contributed by atoms with E-state index >= 15 is 0 Å². The van der Waals surface area contributed by atoms with E-state index in [1.807, 2.05) is 25.1 Å². The van der Waals surface area contributed by atoms with Crippen LogP contribution in [-0.2, 0) is 39.2 Å². The van der Waals surface area contributed by atoms with Crippen LogP contribution < -0.4 is 5.14 Å². The number of sulfonamides is 1. The van der Waals surface area contributed by atoms with Crippen molar-refractivity contribution in [3.63, 3.8) is 0 Å². The molecule has 0 aliphatic carbocycles. The van der Waals surface area contributed by atoms with E-state index in [0.717, 1.165) is 22.5 Å². The minimum absolute atomic E-state index is 0.0333. The molecule has 27 heavy (non-hydrogen) atoms. The molecule has 3 N–H and O–H groups in total. The molecule has 0 radical (unpaired) electrons. The Morgan fingerprint density at radius 2 is 2.00 bits per heavy atom. The van der Waals surface area contributed by atoms with Gasteiger partial charge >= 0.3 is 0 Å².